The van der Waals surface area contributed by atoms with Crippen LogP contribution >= 0.6 is 11.3 Å². The Labute approximate surface area is 314 Å². The van der Waals surface area contributed by atoms with Gasteiger partial charge in [-0.2, -0.15) is 5.26 Å². The average molecular weight is 714 g/mol. The van der Waals surface area contributed by atoms with Crippen LogP contribution in [0.2, 0.25) is 0 Å². The number of aliphatic carboxylic acids is 1. The smallest absolute Gasteiger partial charge is 0.346 e. The fraction of sp³-hybridized carbons (Fsp3) is 0.130. The highest BCUT2D eigenvalue weighted by Crippen LogP contribution is 2.42. The summed E-state index contributed by atoms with van der Waals surface area (Å²) >= 11 is 1.46. The van der Waals surface area contributed by atoms with E-state index in [-0.39, 0.29) is 12.2 Å². The van der Waals surface area contributed by atoms with E-state index in [1.54, 1.807) is 6.07 Å². The van der Waals surface area contributed by atoms with E-state index in [4.69, 9.17) is 0 Å². The lowest BCUT2D eigenvalue weighted by atomic mass is 10.0. The number of nitriles is 1. The molecular weight excluding hydrogens is 675 g/mol. The van der Waals surface area contributed by atoms with Crippen LogP contribution in [0.3, 0.4) is 0 Å². The molecule has 0 radical (unpaired) electrons. The highest BCUT2D eigenvalue weighted by Gasteiger charge is 2.20. The Balaban J connectivity index is 1.20. The van der Waals surface area contributed by atoms with Gasteiger partial charge in [-0.25, -0.2) is 4.79 Å². The molecule has 1 aromatic heterocycles. The van der Waals surface area contributed by atoms with Crippen molar-refractivity contribution in [2.45, 2.75) is 25.7 Å². The summed E-state index contributed by atoms with van der Waals surface area (Å²) < 4.78 is 0. The number of hydrogen-bond acceptors (Lipinski definition) is 6. The Hall–Kier alpha value is -6.20. The van der Waals surface area contributed by atoms with Crippen molar-refractivity contribution in [1.82, 2.24) is 0 Å². The number of anilines is 5. The van der Waals surface area contributed by atoms with E-state index in [0.717, 1.165) is 98.2 Å². The van der Waals surface area contributed by atoms with E-state index in [0.29, 0.717) is 0 Å². The van der Waals surface area contributed by atoms with E-state index >= 15 is 0 Å². The van der Waals surface area contributed by atoms with Crippen molar-refractivity contribution in [2.75, 3.05) is 23.0 Å². The summed E-state index contributed by atoms with van der Waals surface area (Å²) in [4.78, 5) is 17.8. The van der Waals surface area contributed by atoms with Gasteiger partial charge in [0.2, 0.25) is 0 Å². The molecule has 6 aromatic rings. The van der Waals surface area contributed by atoms with Crippen LogP contribution in [0.25, 0.3) is 39.8 Å². The third-order valence-corrected chi connectivity index (χ3v) is 10.5. The second-order valence-corrected chi connectivity index (χ2v) is 14.0. The predicted molar refractivity (Wildman–Crippen MR) is 219 cm³/mol. The molecule has 5 aromatic carbocycles. The zero-order valence-electron chi connectivity index (χ0n) is 29.2. The summed E-state index contributed by atoms with van der Waals surface area (Å²) in [6, 6.07) is 48.3. The van der Waals surface area contributed by atoms with Crippen LogP contribution in [0.5, 0.6) is 0 Å². The second kappa shape index (κ2) is 16.4. The van der Waals surface area contributed by atoms with Gasteiger partial charge in [0, 0.05) is 51.3 Å². The lowest BCUT2D eigenvalue weighted by molar-refractivity contribution is -0.132. The minimum atomic E-state index is -1.23. The molecule has 2 heterocycles. The summed E-state index contributed by atoms with van der Waals surface area (Å²) in [5.74, 6) is -1.23. The fourth-order valence-corrected chi connectivity index (χ4v) is 7.71. The third kappa shape index (κ3) is 8.00. The number of unbranched alkanes of at least 4 members (excludes halogenated alkanes) is 3. The van der Waals surface area contributed by atoms with Gasteiger partial charge < -0.3 is 20.0 Å². The van der Waals surface area contributed by atoms with Gasteiger partial charge in [-0.15, -0.1) is 11.3 Å². The van der Waals surface area contributed by atoms with Gasteiger partial charge in [0.05, 0.1) is 0 Å². The summed E-state index contributed by atoms with van der Waals surface area (Å²) in [5, 5.41) is 27.8. The maximum absolute atomic E-state index is 11.4. The standard InChI is InChI=1S/C46H39N3O3S/c47-32-38(46(51)52)31-42-23-26-45(53-42)37-20-25-44-36(30-37)16-15-35-29-34(19-24-43(35)48(44)27-9-1-2-10-28-50)33-17-21-41(22-18-33)49(39-11-5-3-6-12-39)40-13-7-4-8-14-40/h3-8,11-26,29-31,50H,1-2,9-10,27-28H2,(H,51,52)/b38-31-. The van der Waals surface area contributed by atoms with E-state index in [1.165, 1.54) is 17.4 Å². The molecular formula is C46H39N3O3S. The Bertz CT molecular complexity index is 2270. The summed E-state index contributed by atoms with van der Waals surface area (Å²) in [7, 11) is 0. The minimum Gasteiger partial charge on any atom is -0.477 e. The first-order chi connectivity index (χ1) is 26.0. The molecule has 0 amide bonds. The van der Waals surface area contributed by atoms with Gasteiger partial charge in [0.15, 0.2) is 0 Å². The van der Waals surface area contributed by atoms with E-state index in [1.807, 2.05) is 24.3 Å². The zero-order chi connectivity index (χ0) is 36.6. The van der Waals surface area contributed by atoms with Crippen LogP contribution in [0.4, 0.5) is 28.4 Å². The molecule has 1 aliphatic heterocycles. The number of aliphatic hydroxyl groups is 1. The quantitative estimate of drug-likeness (QED) is 0.0704. The van der Waals surface area contributed by atoms with E-state index in [2.05, 4.69) is 131 Å². The van der Waals surface area contributed by atoms with Gasteiger partial charge in [-0.3, -0.25) is 0 Å². The number of rotatable bonds is 13. The number of thiophene rings is 1. The zero-order valence-corrected chi connectivity index (χ0v) is 30.0. The van der Waals surface area contributed by atoms with Crippen molar-refractivity contribution in [3.63, 3.8) is 0 Å². The monoisotopic (exact) mass is 713 g/mol. The topological polar surface area (TPSA) is 87.8 Å². The van der Waals surface area contributed by atoms with Crippen LogP contribution < -0.4 is 9.80 Å². The first-order valence-corrected chi connectivity index (χ1v) is 18.6. The summed E-state index contributed by atoms with van der Waals surface area (Å²) in [6.07, 6.45) is 9.63. The number of nitrogens with zero attached hydrogens (tertiary/aromatic N) is 3. The number of para-hydroxylation sites is 2. The summed E-state index contributed by atoms with van der Waals surface area (Å²) in [6.45, 7) is 1.06. The third-order valence-electron chi connectivity index (χ3n) is 9.41. The molecule has 0 unspecified atom stereocenters. The number of aliphatic hydroxyl groups excluding tert-OH is 1. The Morgan fingerprint density at radius 3 is 1.85 bits per heavy atom. The normalized spacial score (nSPS) is 12.1. The minimum absolute atomic E-state index is 0.219. The first-order valence-electron chi connectivity index (χ1n) is 17.8. The predicted octanol–water partition coefficient (Wildman–Crippen LogP) is 11.7. The molecule has 2 N–H and O–H groups in total. The molecule has 262 valence electrons. The second-order valence-electron chi connectivity index (χ2n) is 12.9. The lowest BCUT2D eigenvalue weighted by Gasteiger charge is -2.28. The molecule has 0 saturated carbocycles. The van der Waals surface area contributed by atoms with Crippen molar-refractivity contribution < 1.29 is 15.0 Å². The van der Waals surface area contributed by atoms with Crippen molar-refractivity contribution in [3.8, 4) is 27.6 Å². The van der Waals surface area contributed by atoms with Crippen molar-refractivity contribution in [1.29, 1.82) is 5.26 Å². The highest BCUT2D eigenvalue weighted by molar-refractivity contribution is 7.16. The molecule has 1 aliphatic rings. The molecule has 0 bridgehead atoms. The van der Waals surface area contributed by atoms with E-state index in [9.17, 15) is 20.3 Å². The van der Waals surface area contributed by atoms with Gasteiger partial charge in [-0.1, -0.05) is 85.7 Å². The maximum atomic E-state index is 11.4. The van der Waals surface area contributed by atoms with Crippen molar-refractivity contribution >= 4 is 64.0 Å². The number of carboxylic acids is 1. The summed E-state index contributed by atoms with van der Waals surface area (Å²) in [5.41, 5.74) is 10.8. The molecule has 0 saturated heterocycles. The number of hydrogen-bond donors (Lipinski definition) is 2. The van der Waals surface area contributed by atoms with E-state index < -0.39 is 5.97 Å². The van der Waals surface area contributed by atoms with Crippen LogP contribution in [0.15, 0.2) is 139 Å². The fourth-order valence-electron chi connectivity index (χ4n) is 6.76. The molecule has 0 atom stereocenters. The van der Waals surface area contributed by atoms with Crippen molar-refractivity contribution in [2.24, 2.45) is 0 Å². The number of carbonyl (C=O) groups is 1. The lowest BCUT2D eigenvalue weighted by Crippen LogP contribution is -2.19. The van der Waals surface area contributed by atoms with Gasteiger partial charge in [0.1, 0.15) is 11.6 Å². The first kappa shape index (κ1) is 35.2. The van der Waals surface area contributed by atoms with Crippen molar-refractivity contribution in [3.05, 3.63) is 155 Å². The Morgan fingerprint density at radius 2 is 1.25 bits per heavy atom. The van der Waals surface area contributed by atoms with Crippen LogP contribution in [-0.4, -0.2) is 29.3 Å². The molecule has 7 rings (SSSR count). The molecule has 0 aliphatic carbocycles. The molecule has 0 spiro atoms. The maximum Gasteiger partial charge on any atom is 0.346 e. The molecule has 7 heteroatoms. The Kier molecular flexibility index (Phi) is 10.9. The Morgan fingerprint density at radius 1 is 0.679 bits per heavy atom. The number of carboxylic acid groups (broad SMARTS) is 1. The molecule has 6 nitrogen and oxygen atoms in total. The molecule has 0 fully saturated rings. The van der Waals surface area contributed by atoms with Crippen LogP contribution in [0.1, 0.15) is 41.7 Å². The van der Waals surface area contributed by atoms with Gasteiger partial charge >= 0.3 is 5.97 Å². The SMILES string of the molecule is N#C/C(=C/c1ccc(-c2ccc3c(c2)C=Cc2cc(-c4ccc(N(c5ccccc5)c5ccccc5)cc4)ccc2N3CCCCCCO)s1)C(=O)O. The number of benzene rings is 5. The van der Waals surface area contributed by atoms with Gasteiger partial charge in [0.25, 0.3) is 0 Å². The van der Waals surface area contributed by atoms with Crippen LogP contribution in [0, 0.1) is 11.3 Å². The number of fused-ring (bicyclic) bond motifs is 2. The molecule has 53 heavy (non-hydrogen) atoms. The van der Waals surface area contributed by atoms with Crippen LogP contribution in [-0.2, 0) is 4.79 Å². The average Bonchev–Trinajstić information content (AvgIpc) is 3.61. The highest BCUT2D eigenvalue weighted by atomic mass is 32.1. The largest absolute Gasteiger partial charge is 0.477 e. The van der Waals surface area contributed by atoms with Gasteiger partial charge in [-0.05, 0) is 120 Å².